The van der Waals surface area contributed by atoms with Gasteiger partial charge in [-0.3, -0.25) is 0 Å². The minimum absolute atomic E-state index is 0.226. The van der Waals surface area contributed by atoms with Gasteiger partial charge in [0.2, 0.25) is 0 Å². The van der Waals surface area contributed by atoms with E-state index in [9.17, 15) is 0 Å². The average molecular weight is 360 g/mol. The van der Waals surface area contributed by atoms with E-state index < -0.39 is 0 Å². The normalized spacial score (nSPS) is 11.6. The van der Waals surface area contributed by atoms with Crippen molar-refractivity contribution in [3.05, 3.63) is 65.2 Å². The quantitative estimate of drug-likeness (QED) is 0.416. The fraction of sp³-hybridized carbons (Fsp3) is 0.294. The maximum Gasteiger partial charge on any atom is 0.0408 e. The molecule has 0 aliphatic carbocycles. The van der Waals surface area contributed by atoms with E-state index >= 15 is 0 Å². The highest BCUT2D eigenvalue weighted by Gasteiger charge is 2.30. The molecule has 4 heteroatoms. The summed E-state index contributed by atoms with van der Waals surface area (Å²) in [5, 5.41) is 0.725. The van der Waals surface area contributed by atoms with Crippen molar-refractivity contribution in [3.63, 3.8) is 0 Å². The summed E-state index contributed by atoms with van der Waals surface area (Å²) in [5.74, 6) is 1.95. The highest BCUT2D eigenvalue weighted by Crippen LogP contribution is 2.35. The smallest absolute Gasteiger partial charge is 0.0408 e. The lowest BCUT2D eigenvalue weighted by molar-refractivity contribution is 0.524. The molecule has 0 unspecified atom stereocenters. The number of benzene rings is 2. The van der Waals surface area contributed by atoms with Crippen LogP contribution in [0.15, 0.2) is 59.5 Å². The van der Waals surface area contributed by atoms with Crippen LogP contribution in [0.1, 0.15) is 12.0 Å². The third-order valence-corrected chi connectivity index (χ3v) is 5.81. The monoisotopic (exact) mass is 358 g/mol. The summed E-state index contributed by atoms with van der Waals surface area (Å²) >= 11 is 20.4. The van der Waals surface area contributed by atoms with E-state index in [4.69, 9.17) is 34.8 Å². The Morgan fingerprint density at radius 1 is 0.905 bits per heavy atom. The van der Waals surface area contributed by atoms with Gasteiger partial charge in [-0.05, 0) is 42.0 Å². The SMILES string of the molecule is ClCC(CCl)(CCSc1ccccc1)c1cccc(Cl)c1. The minimum atomic E-state index is -0.226. The van der Waals surface area contributed by atoms with Gasteiger partial charge in [0, 0.05) is 27.1 Å². The molecule has 0 radical (unpaired) electrons. The summed E-state index contributed by atoms with van der Waals surface area (Å²) in [6.45, 7) is 0. The zero-order valence-corrected chi connectivity index (χ0v) is 14.7. The molecule has 2 rings (SSSR count). The molecular weight excluding hydrogens is 343 g/mol. The van der Waals surface area contributed by atoms with E-state index in [2.05, 4.69) is 30.3 Å². The van der Waals surface area contributed by atoms with Gasteiger partial charge in [-0.25, -0.2) is 0 Å². The zero-order chi connectivity index (χ0) is 15.1. The van der Waals surface area contributed by atoms with Gasteiger partial charge in [-0.2, -0.15) is 0 Å². The Kier molecular flexibility index (Phi) is 6.75. The number of halogens is 3. The zero-order valence-electron chi connectivity index (χ0n) is 11.6. The van der Waals surface area contributed by atoms with Crippen molar-refractivity contribution < 1.29 is 0 Å². The van der Waals surface area contributed by atoms with Crippen LogP contribution < -0.4 is 0 Å². The van der Waals surface area contributed by atoms with Gasteiger partial charge in [0.1, 0.15) is 0 Å². The van der Waals surface area contributed by atoms with Gasteiger partial charge in [-0.1, -0.05) is 41.9 Å². The fourth-order valence-corrected chi connectivity index (χ4v) is 4.30. The van der Waals surface area contributed by atoms with E-state index in [1.54, 1.807) is 0 Å². The van der Waals surface area contributed by atoms with Crippen LogP contribution in [-0.4, -0.2) is 17.5 Å². The van der Waals surface area contributed by atoms with Crippen LogP contribution in [0.5, 0.6) is 0 Å². The molecule has 0 aromatic heterocycles. The molecular formula is C17H17Cl3S. The second-order valence-corrected chi connectivity index (χ2v) is 7.11. The summed E-state index contributed by atoms with van der Waals surface area (Å²) in [6, 6.07) is 18.2. The topological polar surface area (TPSA) is 0 Å². The van der Waals surface area contributed by atoms with Crippen LogP contribution in [0.3, 0.4) is 0 Å². The Bertz CT molecular complexity index is 553. The van der Waals surface area contributed by atoms with Crippen LogP contribution >= 0.6 is 46.6 Å². The molecule has 0 saturated heterocycles. The highest BCUT2D eigenvalue weighted by atomic mass is 35.5. The third-order valence-electron chi connectivity index (χ3n) is 3.54. The van der Waals surface area contributed by atoms with Gasteiger partial charge in [-0.15, -0.1) is 35.0 Å². The number of thioether (sulfide) groups is 1. The summed E-state index contributed by atoms with van der Waals surface area (Å²) in [4.78, 5) is 1.27. The summed E-state index contributed by atoms with van der Waals surface area (Å²) in [7, 11) is 0. The van der Waals surface area contributed by atoms with E-state index in [1.807, 2.05) is 36.0 Å². The van der Waals surface area contributed by atoms with Gasteiger partial charge in [0.15, 0.2) is 0 Å². The molecule has 0 bridgehead atoms. The minimum Gasteiger partial charge on any atom is -0.126 e. The Balaban J connectivity index is 2.08. The lowest BCUT2D eigenvalue weighted by Gasteiger charge is -2.30. The third kappa shape index (κ3) is 4.56. The summed E-state index contributed by atoms with van der Waals surface area (Å²) in [6.07, 6.45) is 0.917. The van der Waals surface area contributed by atoms with Crippen LogP contribution in [0.25, 0.3) is 0 Å². The lowest BCUT2D eigenvalue weighted by atomic mass is 9.82. The predicted octanol–water partition coefficient (Wildman–Crippen LogP) is 6.24. The second-order valence-electron chi connectivity index (χ2n) is 4.97. The molecule has 2 aromatic carbocycles. The molecule has 0 atom stereocenters. The Hall–Kier alpha value is -0.340. The molecule has 0 N–H and O–H groups in total. The molecule has 0 nitrogen and oxygen atoms in total. The van der Waals surface area contributed by atoms with Crippen molar-refractivity contribution >= 4 is 46.6 Å². The molecule has 0 spiro atoms. The van der Waals surface area contributed by atoms with Crippen molar-refractivity contribution in [2.75, 3.05) is 17.5 Å². The lowest BCUT2D eigenvalue weighted by Crippen LogP contribution is -2.31. The number of alkyl halides is 2. The largest absolute Gasteiger partial charge is 0.126 e. The van der Waals surface area contributed by atoms with Crippen molar-refractivity contribution in [1.82, 2.24) is 0 Å². The van der Waals surface area contributed by atoms with Gasteiger partial charge in [0.05, 0.1) is 0 Å². The van der Waals surface area contributed by atoms with E-state index in [0.29, 0.717) is 11.8 Å². The van der Waals surface area contributed by atoms with Crippen molar-refractivity contribution in [2.45, 2.75) is 16.7 Å². The van der Waals surface area contributed by atoms with Gasteiger partial charge < -0.3 is 0 Å². The molecule has 21 heavy (non-hydrogen) atoms. The Morgan fingerprint density at radius 2 is 1.62 bits per heavy atom. The number of hydrogen-bond acceptors (Lipinski definition) is 1. The Labute approximate surface area is 145 Å². The standard InChI is InChI=1S/C17H17Cl3S/c18-12-17(13-19,14-5-4-6-15(20)11-14)9-10-21-16-7-2-1-3-8-16/h1-8,11H,9-10,12-13H2. The van der Waals surface area contributed by atoms with Gasteiger partial charge >= 0.3 is 0 Å². The maximum absolute atomic E-state index is 6.26. The molecule has 0 aliphatic heterocycles. The van der Waals surface area contributed by atoms with Crippen molar-refractivity contribution in [1.29, 1.82) is 0 Å². The van der Waals surface area contributed by atoms with Gasteiger partial charge in [0.25, 0.3) is 0 Å². The van der Waals surface area contributed by atoms with Crippen molar-refractivity contribution in [2.24, 2.45) is 0 Å². The van der Waals surface area contributed by atoms with Crippen molar-refractivity contribution in [3.8, 4) is 0 Å². The molecule has 0 heterocycles. The number of hydrogen-bond donors (Lipinski definition) is 0. The molecule has 0 aliphatic rings. The summed E-state index contributed by atoms with van der Waals surface area (Å²) in [5.41, 5.74) is 0.893. The molecule has 112 valence electrons. The van der Waals surface area contributed by atoms with Crippen LogP contribution in [0, 0.1) is 0 Å². The molecule has 0 amide bonds. The van der Waals surface area contributed by atoms with Crippen LogP contribution in [-0.2, 0) is 5.41 Å². The first-order chi connectivity index (χ1) is 10.2. The average Bonchev–Trinajstić information content (AvgIpc) is 2.53. The fourth-order valence-electron chi connectivity index (χ4n) is 2.17. The molecule has 2 aromatic rings. The Morgan fingerprint density at radius 3 is 2.24 bits per heavy atom. The predicted molar refractivity (Wildman–Crippen MR) is 96.4 cm³/mol. The first kappa shape index (κ1) is 17.0. The molecule has 0 fully saturated rings. The van der Waals surface area contributed by atoms with Crippen LogP contribution in [0.4, 0.5) is 0 Å². The maximum atomic E-state index is 6.26. The summed E-state index contributed by atoms with van der Waals surface area (Å²) < 4.78 is 0. The number of rotatable bonds is 7. The highest BCUT2D eigenvalue weighted by molar-refractivity contribution is 7.99. The van der Waals surface area contributed by atoms with E-state index in [1.165, 1.54) is 4.90 Å². The molecule has 0 saturated carbocycles. The van der Waals surface area contributed by atoms with E-state index in [-0.39, 0.29) is 5.41 Å². The van der Waals surface area contributed by atoms with Crippen LogP contribution in [0.2, 0.25) is 5.02 Å². The second kappa shape index (κ2) is 8.33. The first-order valence-electron chi connectivity index (χ1n) is 6.76. The first-order valence-corrected chi connectivity index (χ1v) is 9.19. The van der Waals surface area contributed by atoms with E-state index in [0.717, 1.165) is 22.8 Å².